The third-order valence-electron chi connectivity index (χ3n) is 0.480. The Bertz CT molecular complexity index is 172. The van der Waals surface area contributed by atoms with E-state index in [0.29, 0.717) is 0 Å². The van der Waals surface area contributed by atoms with Crippen LogP contribution in [-0.4, -0.2) is 0 Å². The summed E-state index contributed by atoms with van der Waals surface area (Å²) in [6.45, 7) is 0. The van der Waals surface area contributed by atoms with E-state index < -0.39 is 0 Å². The highest BCUT2D eigenvalue weighted by molar-refractivity contribution is 7.84. The number of thiol groups is 1. The van der Waals surface area contributed by atoms with Crippen LogP contribution in [-0.2, 0) is 0 Å². The molecule has 0 aliphatic carbocycles. The maximum atomic E-state index is 8.04. The molecule has 0 fully saturated rings. The molecule has 0 unspecified atom stereocenters. The second-order valence-electron chi connectivity index (χ2n) is 0.984. The van der Waals surface area contributed by atoms with Gasteiger partial charge >= 0.3 is 0 Å². The maximum absolute atomic E-state index is 8.04. The van der Waals surface area contributed by atoms with Gasteiger partial charge in [0.2, 0.25) is 0 Å². The second-order valence-corrected chi connectivity index (χ2v) is 1.47. The van der Waals surface area contributed by atoms with Crippen LogP contribution in [0, 0.1) is 22.7 Å². The molecule has 4 heteroatoms. The van der Waals surface area contributed by atoms with Gasteiger partial charge in [0, 0.05) is 0 Å². The predicted octanol–water partition coefficient (Wildman–Crippen LogP) is 0.134. The number of allylic oxidation sites excluding steroid dienone is 1. The molecule has 8 heavy (non-hydrogen) atoms. The standard InChI is InChI=1S/C4H3N3S/c5-1-3(2-6)4(7)8/h8H,7H2. The molecule has 3 nitrogen and oxygen atoms in total. The van der Waals surface area contributed by atoms with E-state index in [1.54, 1.807) is 12.1 Å². The first-order valence-electron chi connectivity index (χ1n) is 1.71. The summed E-state index contributed by atoms with van der Waals surface area (Å²) in [7, 11) is 0. The van der Waals surface area contributed by atoms with Crippen molar-refractivity contribution in [1.82, 2.24) is 0 Å². The molecule has 0 heterocycles. The first kappa shape index (κ1) is 6.87. The van der Waals surface area contributed by atoms with Crippen LogP contribution in [0.5, 0.6) is 0 Å². The summed E-state index contributed by atoms with van der Waals surface area (Å²) < 4.78 is 0. The number of nitrogens with two attached hydrogens (primary N) is 1. The molecule has 0 amide bonds. The monoisotopic (exact) mass is 125 g/mol. The molecule has 0 aromatic heterocycles. The van der Waals surface area contributed by atoms with Crippen molar-refractivity contribution in [2.45, 2.75) is 0 Å². The van der Waals surface area contributed by atoms with Crippen LogP contribution in [0.3, 0.4) is 0 Å². The fourth-order valence-electron chi connectivity index (χ4n) is 0.140. The lowest BCUT2D eigenvalue weighted by molar-refractivity contribution is 1.42. The SMILES string of the molecule is N#CC(C#N)=C(N)S. The minimum absolute atomic E-state index is 0.0324. The first-order valence-corrected chi connectivity index (χ1v) is 2.16. The number of hydrogen-bond acceptors (Lipinski definition) is 4. The molecule has 0 rings (SSSR count). The van der Waals surface area contributed by atoms with Crippen LogP contribution in [0.15, 0.2) is 10.6 Å². The molecule has 0 aliphatic heterocycles. The van der Waals surface area contributed by atoms with Crippen LogP contribution >= 0.6 is 12.6 Å². The van der Waals surface area contributed by atoms with E-state index >= 15 is 0 Å². The smallest absolute Gasteiger partial charge is 0.158 e. The highest BCUT2D eigenvalue weighted by Crippen LogP contribution is 1.97. The van der Waals surface area contributed by atoms with Gasteiger partial charge in [-0.25, -0.2) is 0 Å². The second kappa shape index (κ2) is 2.95. The molecule has 0 aromatic rings. The van der Waals surface area contributed by atoms with Gasteiger partial charge in [0.25, 0.3) is 0 Å². The Morgan fingerprint density at radius 3 is 1.75 bits per heavy atom. The number of rotatable bonds is 0. The van der Waals surface area contributed by atoms with Crippen LogP contribution < -0.4 is 5.73 Å². The Labute approximate surface area is 52.4 Å². The summed E-state index contributed by atoms with van der Waals surface area (Å²) in [5.41, 5.74) is 4.81. The zero-order valence-corrected chi connectivity index (χ0v) is 4.81. The normalized spacial score (nSPS) is 6.38. The molecule has 0 bridgehead atoms. The molecular weight excluding hydrogens is 122 g/mol. The van der Waals surface area contributed by atoms with E-state index in [1.807, 2.05) is 0 Å². The minimum atomic E-state index is -0.145. The fourth-order valence-corrected chi connectivity index (χ4v) is 0.240. The van der Waals surface area contributed by atoms with Gasteiger partial charge in [-0.15, -0.1) is 12.6 Å². The Morgan fingerprint density at radius 2 is 1.75 bits per heavy atom. The molecule has 0 atom stereocenters. The maximum Gasteiger partial charge on any atom is 0.158 e. The average Bonchev–Trinajstić information content (AvgIpc) is 1.69. The van der Waals surface area contributed by atoms with Crippen molar-refractivity contribution >= 4 is 12.6 Å². The van der Waals surface area contributed by atoms with Crippen LogP contribution in [0.1, 0.15) is 0 Å². The summed E-state index contributed by atoms with van der Waals surface area (Å²) in [6.07, 6.45) is 0. The van der Waals surface area contributed by atoms with Crippen molar-refractivity contribution in [2.75, 3.05) is 0 Å². The number of nitriles is 2. The predicted molar refractivity (Wildman–Crippen MR) is 31.4 cm³/mol. The lowest BCUT2D eigenvalue weighted by Crippen LogP contribution is -1.91. The van der Waals surface area contributed by atoms with Crippen LogP contribution in [0.4, 0.5) is 0 Å². The fraction of sp³-hybridized carbons (Fsp3) is 0. The molecule has 0 spiro atoms. The highest BCUT2D eigenvalue weighted by atomic mass is 32.1. The number of hydrogen-bond donors (Lipinski definition) is 2. The van der Waals surface area contributed by atoms with Crippen molar-refractivity contribution in [3.05, 3.63) is 10.6 Å². The summed E-state index contributed by atoms with van der Waals surface area (Å²) in [4.78, 5) is 0. The molecule has 2 N–H and O–H groups in total. The van der Waals surface area contributed by atoms with Crippen molar-refractivity contribution in [2.24, 2.45) is 5.73 Å². The third kappa shape index (κ3) is 1.55. The van der Waals surface area contributed by atoms with Gasteiger partial charge in [-0.05, 0) is 0 Å². The zero-order valence-electron chi connectivity index (χ0n) is 3.92. The topological polar surface area (TPSA) is 73.6 Å². The molecule has 40 valence electrons. The summed E-state index contributed by atoms with van der Waals surface area (Å²) >= 11 is 3.57. The Hall–Kier alpha value is -1.13. The largest absolute Gasteiger partial charge is 0.392 e. The van der Waals surface area contributed by atoms with Crippen molar-refractivity contribution in [3.8, 4) is 12.1 Å². The highest BCUT2D eigenvalue weighted by Gasteiger charge is 1.92. The van der Waals surface area contributed by atoms with Gasteiger partial charge < -0.3 is 5.73 Å². The van der Waals surface area contributed by atoms with Crippen molar-refractivity contribution in [1.29, 1.82) is 10.5 Å². The van der Waals surface area contributed by atoms with Crippen LogP contribution in [0.2, 0.25) is 0 Å². The molecule has 0 aliphatic rings. The van der Waals surface area contributed by atoms with Gasteiger partial charge in [-0.2, -0.15) is 10.5 Å². The Morgan fingerprint density at radius 1 is 1.38 bits per heavy atom. The van der Waals surface area contributed by atoms with E-state index in [4.69, 9.17) is 16.3 Å². The average molecular weight is 125 g/mol. The van der Waals surface area contributed by atoms with Gasteiger partial charge in [-0.1, -0.05) is 0 Å². The summed E-state index contributed by atoms with van der Waals surface area (Å²) in [5.74, 6) is 0. The van der Waals surface area contributed by atoms with E-state index in [1.165, 1.54) is 0 Å². The molecular formula is C4H3N3S. The summed E-state index contributed by atoms with van der Waals surface area (Å²) in [6, 6.07) is 3.14. The van der Waals surface area contributed by atoms with Gasteiger partial charge in [0.15, 0.2) is 5.57 Å². The van der Waals surface area contributed by atoms with E-state index in [2.05, 4.69) is 12.6 Å². The molecule has 0 radical (unpaired) electrons. The van der Waals surface area contributed by atoms with Gasteiger partial charge in [0.1, 0.15) is 12.1 Å². The van der Waals surface area contributed by atoms with Crippen LogP contribution in [0.25, 0.3) is 0 Å². The molecule has 0 saturated carbocycles. The lowest BCUT2D eigenvalue weighted by Gasteiger charge is -1.81. The molecule has 0 aromatic carbocycles. The summed E-state index contributed by atoms with van der Waals surface area (Å²) in [5, 5.41) is 16.0. The Balaban J connectivity index is 4.47. The zero-order chi connectivity index (χ0) is 6.57. The van der Waals surface area contributed by atoms with Crippen molar-refractivity contribution in [3.63, 3.8) is 0 Å². The first-order chi connectivity index (χ1) is 3.72. The van der Waals surface area contributed by atoms with E-state index in [-0.39, 0.29) is 10.6 Å². The molecule has 0 saturated heterocycles. The van der Waals surface area contributed by atoms with Gasteiger partial charge in [0.05, 0.1) is 5.03 Å². The minimum Gasteiger partial charge on any atom is -0.392 e. The quantitative estimate of drug-likeness (QED) is 0.357. The van der Waals surface area contributed by atoms with Gasteiger partial charge in [-0.3, -0.25) is 0 Å². The Kier molecular flexibility index (Phi) is 2.53. The van der Waals surface area contributed by atoms with Crippen molar-refractivity contribution < 1.29 is 0 Å². The van der Waals surface area contributed by atoms with E-state index in [9.17, 15) is 0 Å². The van der Waals surface area contributed by atoms with E-state index in [0.717, 1.165) is 0 Å². The third-order valence-corrected chi connectivity index (χ3v) is 0.703. The lowest BCUT2D eigenvalue weighted by atomic mass is 10.4. The number of nitrogens with zero attached hydrogens (tertiary/aromatic N) is 2.